The zero-order chi connectivity index (χ0) is 27.6. The van der Waals surface area contributed by atoms with Crippen molar-refractivity contribution in [1.82, 2.24) is 24.8 Å². The van der Waals surface area contributed by atoms with Crippen LogP contribution in [0.1, 0.15) is 50.4 Å². The Kier molecular flexibility index (Phi) is 7.34. The minimum absolute atomic E-state index is 0.0108. The molecule has 4 aromatic rings. The van der Waals surface area contributed by atoms with Crippen LogP contribution in [-0.4, -0.2) is 82.9 Å². The topological polar surface area (TPSA) is 91.8 Å². The second kappa shape index (κ2) is 11.2. The van der Waals surface area contributed by atoms with Gasteiger partial charge in [0, 0.05) is 67.7 Å². The van der Waals surface area contributed by atoms with Gasteiger partial charge in [-0.15, -0.1) is 11.3 Å². The second-order valence-corrected chi connectivity index (χ2v) is 11.2. The summed E-state index contributed by atoms with van der Waals surface area (Å²) in [5, 5.41) is 3.75. The Morgan fingerprint density at radius 2 is 1.57 bits per heavy atom. The van der Waals surface area contributed by atoms with E-state index in [0.717, 1.165) is 53.4 Å². The van der Waals surface area contributed by atoms with E-state index in [2.05, 4.69) is 14.9 Å². The smallest absolute Gasteiger partial charge is 0.273 e. The number of hydrogen-bond donors (Lipinski definition) is 0. The molecule has 0 radical (unpaired) electrons. The van der Waals surface area contributed by atoms with Gasteiger partial charge >= 0.3 is 0 Å². The molecule has 2 aliphatic rings. The Morgan fingerprint density at radius 3 is 2.33 bits per heavy atom. The first-order chi connectivity index (χ1) is 19.5. The standard InChI is InChI=1S/C30H32N6O3S/c1-20-6-5-9-27(31-20)34-14-16-36(17-15-34)30(38)25-19-40-28(33-25)21-10-12-35(13-11-21)29(37)24-18-26(39-2)22-7-3-4-8-23(22)32-24/h3-9,18-19,21H,10-17H2,1-2H3. The number of likely N-dealkylation sites (tertiary alicyclic amines) is 1. The number of nitrogens with zero attached hydrogens (tertiary/aromatic N) is 6. The number of aromatic nitrogens is 3. The molecule has 0 spiro atoms. The number of para-hydroxylation sites is 1. The number of fused-ring (bicyclic) bond motifs is 1. The third-order valence-electron chi connectivity index (χ3n) is 7.75. The first kappa shape index (κ1) is 26.2. The zero-order valence-electron chi connectivity index (χ0n) is 22.7. The van der Waals surface area contributed by atoms with E-state index in [4.69, 9.17) is 9.72 Å². The lowest BCUT2D eigenvalue weighted by Crippen LogP contribution is -2.49. The van der Waals surface area contributed by atoms with Crippen molar-refractivity contribution in [2.45, 2.75) is 25.7 Å². The molecule has 0 N–H and O–H groups in total. The molecule has 1 aromatic carbocycles. The number of hydrogen-bond acceptors (Lipinski definition) is 8. The first-order valence-electron chi connectivity index (χ1n) is 13.7. The maximum absolute atomic E-state index is 13.3. The van der Waals surface area contributed by atoms with Gasteiger partial charge in [0.1, 0.15) is 23.0 Å². The van der Waals surface area contributed by atoms with Gasteiger partial charge in [0.15, 0.2) is 0 Å². The van der Waals surface area contributed by atoms with Crippen LogP contribution in [-0.2, 0) is 0 Å². The Balaban J connectivity index is 1.05. The van der Waals surface area contributed by atoms with Crippen LogP contribution >= 0.6 is 11.3 Å². The number of ether oxygens (including phenoxy) is 1. The molecule has 0 atom stereocenters. The molecule has 2 amide bonds. The molecule has 206 valence electrons. The molecule has 10 heteroatoms. The number of amides is 2. The number of benzene rings is 1. The molecule has 0 saturated carbocycles. The number of methoxy groups -OCH3 is 1. The fraction of sp³-hybridized carbons (Fsp3) is 0.367. The summed E-state index contributed by atoms with van der Waals surface area (Å²) in [5.74, 6) is 1.75. The minimum Gasteiger partial charge on any atom is -0.496 e. The fourth-order valence-corrected chi connectivity index (χ4v) is 6.46. The molecule has 6 rings (SSSR count). The molecular formula is C30H32N6O3S. The van der Waals surface area contributed by atoms with Crippen molar-refractivity contribution >= 4 is 39.9 Å². The van der Waals surface area contributed by atoms with E-state index in [1.807, 2.05) is 64.6 Å². The average Bonchev–Trinajstić information content (AvgIpc) is 3.50. The van der Waals surface area contributed by atoms with E-state index in [0.29, 0.717) is 43.3 Å². The lowest BCUT2D eigenvalue weighted by Gasteiger charge is -2.35. The maximum atomic E-state index is 13.3. The van der Waals surface area contributed by atoms with E-state index in [1.165, 1.54) is 0 Å². The van der Waals surface area contributed by atoms with Crippen LogP contribution in [0.15, 0.2) is 53.9 Å². The summed E-state index contributed by atoms with van der Waals surface area (Å²) in [4.78, 5) is 46.4. The third-order valence-corrected chi connectivity index (χ3v) is 8.76. The number of rotatable bonds is 5. The van der Waals surface area contributed by atoms with Gasteiger partial charge in [-0.1, -0.05) is 18.2 Å². The molecule has 3 aromatic heterocycles. The molecule has 40 heavy (non-hydrogen) atoms. The van der Waals surface area contributed by atoms with Crippen LogP contribution in [0.2, 0.25) is 0 Å². The Hall–Kier alpha value is -4.05. The Bertz CT molecular complexity index is 1540. The summed E-state index contributed by atoms with van der Waals surface area (Å²) < 4.78 is 5.52. The molecule has 2 aliphatic heterocycles. The zero-order valence-corrected chi connectivity index (χ0v) is 23.6. The second-order valence-electron chi connectivity index (χ2n) is 10.3. The van der Waals surface area contributed by atoms with Gasteiger partial charge in [-0.2, -0.15) is 0 Å². The van der Waals surface area contributed by atoms with Gasteiger partial charge in [-0.05, 0) is 44.0 Å². The highest BCUT2D eigenvalue weighted by molar-refractivity contribution is 7.09. The highest BCUT2D eigenvalue weighted by Gasteiger charge is 2.29. The van der Waals surface area contributed by atoms with Crippen LogP contribution in [0.25, 0.3) is 10.9 Å². The van der Waals surface area contributed by atoms with Crippen LogP contribution in [0.4, 0.5) is 5.82 Å². The number of anilines is 1. The van der Waals surface area contributed by atoms with Crippen LogP contribution < -0.4 is 9.64 Å². The summed E-state index contributed by atoms with van der Waals surface area (Å²) in [6.07, 6.45) is 1.61. The third kappa shape index (κ3) is 5.23. The maximum Gasteiger partial charge on any atom is 0.273 e. The molecule has 9 nitrogen and oxygen atoms in total. The van der Waals surface area contributed by atoms with Crippen molar-refractivity contribution in [1.29, 1.82) is 0 Å². The van der Waals surface area contributed by atoms with Gasteiger partial charge in [-0.3, -0.25) is 9.59 Å². The van der Waals surface area contributed by atoms with Gasteiger partial charge < -0.3 is 19.4 Å². The van der Waals surface area contributed by atoms with E-state index >= 15 is 0 Å². The lowest BCUT2D eigenvalue weighted by molar-refractivity contribution is 0.0707. The predicted octanol–water partition coefficient (Wildman–Crippen LogP) is 4.39. The monoisotopic (exact) mass is 556 g/mol. The van der Waals surface area contributed by atoms with Crippen molar-refractivity contribution in [3.8, 4) is 5.75 Å². The van der Waals surface area contributed by atoms with Gasteiger partial charge in [0.2, 0.25) is 0 Å². The molecule has 0 aliphatic carbocycles. The summed E-state index contributed by atoms with van der Waals surface area (Å²) in [7, 11) is 1.61. The van der Waals surface area contributed by atoms with Crippen LogP contribution in [0, 0.1) is 6.92 Å². The molecular weight excluding hydrogens is 524 g/mol. The van der Waals surface area contributed by atoms with E-state index in [-0.39, 0.29) is 17.7 Å². The quantitative estimate of drug-likeness (QED) is 0.360. The normalized spacial score (nSPS) is 16.4. The first-order valence-corrected chi connectivity index (χ1v) is 14.5. The summed E-state index contributed by atoms with van der Waals surface area (Å²) in [5.41, 5.74) is 2.66. The highest BCUT2D eigenvalue weighted by atomic mass is 32.1. The lowest BCUT2D eigenvalue weighted by atomic mass is 9.97. The summed E-state index contributed by atoms with van der Waals surface area (Å²) in [6, 6.07) is 15.4. The van der Waals surface area contributed by atoms with Crippen molar-refractivity contribution in [3.63, 3.8) is 0 Å². The number of carbonyl (C=O) groups is 2. The van der Waals surface area contributed by atoms with E-state index < -0.39 is 0 Å². The minimum atomic E-state index is -0.0856. The number of piperazine rings is 1. The molecule has 0 bridgehead atoms. The molecule has 0 unspecified atom stereocenters. The SMILES string of the molecule is COc1cc(C(=O)N2CCC(c3nc(C(=O)N4CCN(c5cccc(C)n5)CC4)cs3)CC2)nc2ccccc12. The highest BCUT2D eigenvalue weighted by Crippen LogP contribution is 2.32. The van der Waals surface area contributed by atoms with E-state index in [9.17, 15) is 9.59 Å². The van der Waals surface area contributed by atoms with Gasteiger partial charge in [0.25, 0.3) is 11.8 Å². The fourth-order valence-electron chi connectivity index (χ4n) is 5.49. The van der Waals surface area contributed by atoms with E-state index in [1.54, 1.807) is 24.5 Å². The summed E-state index contributed by atoms with van der Waals surface area (Å²) in [6.45, 7) is 6.04. The predicted molar refractivity (Wildman–Crippen MR) is 155 cm³/mol. The average molecular weight is 557 g/mol. The number of aryl methyl sites for hydroxylation is 1. The van der Waals surface area contributed by atoms with Crippen molar-refractivity contribution in [3.05, 3.63) is 76.0 Å². The number of piperidine rings is 1. The Morgan fingerprint density at radius 1 is 0.850 bits per heavy atom. The number of carbonyl (C=O) groups excluding carboxylic acids is 2. The van der Waals surface area contributed by atoms with Crippen LogP contribution in [0.5, 0.6) is 5.75 Å². The van der Waals surface area contributed by atoms with Crippen molar-refractivity contribution in [2.24, 2.45) is 0 Å². The molecule has 5 heterocycles. The largest absolute Gasteiger partial charge is 0.496 e. The van der Waals surface area contributed by atoms with Gasteiger partial charge in [0.05, 0.1) is 17.6 Å². The van der Waals surface area contributed by atoms with Gasteiger partial charge in [-0.25, -0.2) is 15.0 Å². The summed E-state index contributed by atoms with van der Waals surface area (Å²) >= 11 is 1.55. The number of pyridine rings is 2. The van der Waals surface area contributed by atoms with Crippen LogP contribution in [0.3, 0.4) is 0 Å². The van der Waals surface area contributed by atoms with Crippen molar-refractivity contribution < 1.29 is 14.3 Å². The molecule has 2 fully saturated rings. The number of thiazole rings is 1. The molecule has 2 saturated heterocycles. The Labute approximate surface area is 237 Å². The van der Waals surface area contributed by atoms with Crippen molar-refractivity contribution in [2.75, 3.05) is 51.3 Å².